The third-order valence-corrected chi connectivity index (χ3v) is 3.39. The number of hydrogen-bond acceptors (Lipinski definition) is 7. The molecule has 0 saturated carbocycles. The Kier molecular flexibility index (Phi) is 7.32. The van der Waals surface area contributed by atoms with Crippen LogP contribution in [0.4, 0.5) is 0 Å². The zero-order chi connectivity index (χ0) is 17.3. The van der Waals surface area contributed by atoms with Crippen molar-refractivity contribution in [3.05, 3.63) is 41.7 Å². The van der Waals surface area contributed by atoms with Crippen molar-refractivity contribution in [3.8, 4) is 0 Å². The maximum atomic E-state index is 11.0. The van der Waals surface area contributed by atoms with Crippen molar-refractivity contribution in [2.45, 2.75) is 18.2 Å². The number of nitrogens with zero attached hydrogens (tertiary/aromatic N) is 2. The van der Waals surface area contributed by atoms with E-state index in [1.54, 1.807) is 12.1 Å². The van der Waals surface area contributed by atoms with Crippen LogP contribution >= 0.6 is 0 Å². The van der Waals surface area contributed by atoms with E-state index in [1.165, 1.54) is 18.3 Å². The molecule has 2 aromatic rings. The van der Waals surface area contributed by atoms with Gasteiger partial charge in [0.25, 0.3) is 10.1 Å². The summed E-state index contributed by atoms with van der Waals surface area (Å²) >= 11 is 0. The normalized spacial score (nSPS) is 10.6. The smallest absolute Gasteiger partial charge is 0.360 e. The van der Waals surface area contributed by atoms with E-state index in [9.17, 15) is 13.2 Å². The molecule has 0 unspecified atom stereocenters. The summed E-state index contributed by atoms with van der Waals surface area (Å²) in [6, 6.07) is 5.99. The number of hydrogen-bond donors (Lipinski definition) is 3. The minimum Gasteiger partial charge on any atom is -0.461 e. The first-order valence-corrected chi connectivity index (χ1v) is 8.05. The fourth-order valence-corrected chi connectivity index (χ4v) is 1.81. The number of benzene rings is 1. The van der Waals surface area contributed by atoms with Crippen molar-refractivity contribution in [1.29, 1.82) is 0 Å². The number of nitrogens with two attached hydrogens (primary N) is 1. The molecule has 0 aliphatic rings. The summed E-state index contributed by atoms with van der Waals surface area (Å²) in [6.45, 7) is 2.67. The number of aromatic nitrogens is 3. The van der Waals surface area contributed by atoms with Crippen LogP contribution < -0.4 is 5.73 Å². The van der Waals surface area contributed by atoms with E-state index in [0.29, 0.717) is 19.6 Å². The second-order valence-corrected chi connectivity index (χ2v) is 5.84. The van der Waals surface area contributed by atoms with Crippen LogP contribution in [0.1, 0.15) is 22.5 Å². The van der Waals surface area contributed by atoms with Gasteiger partial charge in [0.05, 0.1) is 17.7 Å². The van der Waals surface area contributed by atoms with Gasteiger partial charge in [0.1, 0.15) is 0 Å². The maximum absolute atomic E-state index is 11.0. The Bertz CT molecular complexity index is 698. The molecule has 0 aliphatic carbocycles. The number of rotatable bonds is 5. The Morgan fingerprint density at radius 2 is 2.00 bits per heavy atom. The quantitative estimate of drug-likeness (QED) is 0.405. The molecule has 0 saturated heterocycles. The average Bonchev–Trinajstić information content (AvgIpc) is 3.02. The number of nitrogens with one attached hydrogen (secondary N) is 1. The molecule has 0 aliphatic heterocycles. The third kappa shape index (κ3) is 7.00. The van der Waals surface area contributed by atoms with Crippen LogP contribution in [0.2, 0.25) is 0 Å². The molecular formula is C13H18N4O5S. The number of esters is 1. The van der Waals surface area contributed by atoms with Crippen LogP contribution in [-0.4, -0.2) is 47.5 Å². The Morgan fingerprint density at radius 1 is 1.35 bits per heavy atom. The van der Waals surface area contributed by atoms with Crippen molar-refractivity contribution < 1.29 is 22.5 Å². The third-order valence-electron chi connectivity index (χ3n) is 2.52. The lowest BCUT2D eigenvalue weighted by Crippen LogP contribution is -2.10. The van der Waals surface area contributed by atoms with Gasteiger partial charge in [-0.2, -0.15) is 18.7 Å². The fraction of sp³-hybridized carbons (Fsp3) is 0.308. The van der Waals surface area contributed by atoms with E-state index in [0.717, 1.165) is 5.56 Å². The Morgan fingerprint density at radius 3 is 2.48 bits per heavy atom. The summed E-state index contributed by atoms with van der Waals surface area (Å²) in [6.07, 6.45) is 1.97. The Balaban J connectivity index is 0.000000231. The second kappa shape index (κ2) is 8.98. The van der Waals surface area contributed by atoms with E-state index in [1.807, 2.05) is 6.92 Å². The summed E-state index contributed by atoms with van der Waals surface area (Å²) in [4.78, 5) is 10.9. The van der Waals surface area contributed by atoms with Crippen LogP contribution in [-0.2, 0) is 14.9 Å². The second-order valence-electron chi connectivity index (χ2n) is 4.42. The van der Waals surface area contributed by atoms with Crippen LogP contribution in [0, 0.1) is 6.92 Å². The summed E-state index contributed by atoms with van der Waals surface area (Å²) < 4.78 is 34.3. The molecule has 0 fully saturated rings. The molecule has 2 rings (SSSR count). The monoisotopic (exact) mass is 342 g/mol. The molecule has 126 valence electrons. The largest absolute Gasteiger partial charge is 0.461 e. The fourth-order valence-electron chi connectivity index (χ4n) is 1.33. The summed E-state index contributed by atoms with van der Waals surface area (Å²) in [7, 11) is -4.02. The summed E-state index contributed by atoms with van der Waals surface area (Å²) in [5, 5.41) is 9.34. The zero-order valence-corrected chi connectivity index (χ0v) is 13.3. The zero-order valence-electron chi connectivity index (χ0n) is 12.5. The molecule has 0 amide bonds. The van der Waals surface area contributed by atoms with Gasteiger partial charge in [0.2, 0.25) is 0 Å². The highest BCUT2D eigenvalue weighted by atomic mass is 32.2. The average molecular weight is 342 g/mol. The van der Waals surface area contributed by atoms with E-state index >= 15 is 0 Å². The topological polar surface area (TPSA) is 148 Å². The standard InChI is InChI=1S/C7H8O3S.C6H10N4O2/c1-6-2-4-7(5-3-6)11(8,9)10;7-2-1-3-12-6(11)5-4-8-10-9-5/h2-5H,1H3,(H,8,9,10);4H,1-3,7H2,(H,8,9,10). The van der Waals surface area contributed by atoms with E-state index < -0.39 is 16.1 Å². The minimum absolute atomic E-state index is 0.0666. The van der Waals surface area contributed by atoms with Crippen molar-refractivity contribution in [2.24, 2.45) is 5.73 Å². The van der Waals surface area contributed by atoms with Crippen molar-refractivity contribution in [1.82, 2.24) is 15.4 Å². The number of H-pyrrole nitrogens is 1. The van der Waals surface area contributed by atoms with Crippen LogP contribution in [0.3, 0.4) is 0 Å². The van der Waals surface area contributed by atoms with Crippen LogP contribution in [0.15, 0.2) is 35.4 Å². The van der Waals surface area contributed by atoms with Gasteiger partial charge in [-0.15, -0.1) is 5.10 Å². The molecule has 4 N–H and O–H groups in total. The molecule has 0 bridgehead atoms. The van der Waals surface area contributed by atoms with Gasteiger partial charge in [-0.25, -0.2) is 4.79 Å². The number of ether oxygens (including phenoxy) is 1. The Labute approximate surface area is 133 Å². The van der Waals surface area contributed by atoms with Gasteiger partial charge in [-0.05, 0) is 32.0 Å². The molecule has 1 heterocycles. The van der Waals surface area contributed by atoms with Crippen molar-refractivity contribution >= 4 is 16.1 Å². The highest BCUT2D eigenvalue weighted by Crippen LogP contribution is 2.08. The number of aryl methyl sites for hydroxylation is 1. The molecule has 0 atom stereocenters. The highest BCUT2D eigenvalue weighted by molar-refractivity contribution is 7.85. The highest BCUT2D eigenvalue weighted by Gasteiger charge is 2.08. The van der Waals surface area contributed by atoms with E-state index in [4.69, 9.17) is 15.0 Å². The van der Waals surface area contributed by atoms with Crippen molar-refractivity contribution in [3.63, 3.8) is 0 Å². The summed E-state index contributed by atoms with van der Waals surface area (Å²) in [5.74, 6) is -0.475. The predicted molar refractivity (Wildman–Crippen MR) is 81.3 cm³/mol. The van der Waals surface area contributed by atoms with Gasteiger partial charge < -0.3 is 10.5 Å². The predicted octanol–water partition coefficient (Wildman–Crippen LogP) is 0.552. The molecule has 9 nitrogen and oxygen atoms in total. The SMILES string of the molecule is Cc1ccc(S(=O)(=O)O)cc1.NCCCOC(=O)c1cn[nH]n1. The molecule has 23 heavy (non-hydrogen) atoms. The first kappa shape index (κ1) is 18.7. The van der Waals surface area contributed by atoms with E-state index in [2.05, 4.69) is 15.4 Å². The Hall–Kier alpha value is -2.30. The van der Waals surface area contributed by atoms with Gasteiger partial charge in [0.15, 0.2) is 5.69 Å². The van der Waals surface area contributed by atoms with E-state index in [-0.39, 0.29) is 10.6 Å². The molecular weight excluding hydrogens is 324 g/mol. The number of carbonyl (C=O) groups excluding carboxylic acids is 1. The maximum Gasteiger partial charge on any atom is 0.360 e. The minimum atomic E-state index is -4.02. The van der Waals surface area contributed by atoms with Gasteiger partial charge in [-0.3, -0.25) is 4.55 Å². The summed E-state index contributed by atoms with van der Waals surface area (Å²) in [5.41, 5.74) is 6.35. The van der Waals surface area contributed by atoms with Crippen LogP contribution in [0.25, 0.3) is 0 Å². The lowest BCUT2D eigenvalue weighted by molar-refractivity contribution is 0.0496. The molecule has 10 heteroatoms. The molecule has 1 aromatic carbocycles. The van der Waals surface area contributed by atoms with Crippen molar-refractivity contribution in [2.75, 3.05) is 13.2 Å². The first-order chi connectivity index (χ1) is 10.8. The lowest BCUT2D eigenvalue weighted by Gasteiger charge is -1.99. The molecule has 1 aromatic heterocycles. The lowest BCUT2D eigenvalue weighted by atomic mass is 10.2. The molecule has 0 radical (unpaired) electrons. The first-order valence-electron chi connectivity index (χ1n) is 6.61. The van der Waals surface area contributed by atoms with Gasteiger partial charge >= 0.3 is 5.97 Å². The van der Waals surface area contributed by atoms with Gasteiger partial charge in [0, 0.05) is 0 Å². The van der Waals surface area contributed by atoms with Gasteiger partial charge in [-0.1, -0.05) is 17.7 Å². The number of carbonyl (C=O) groups is 1. The van der Waals surface area contributed by atoms with Crippen LogP contribution in [0.5, 0.6) is 0 Å². The molecule has 0 spiro atoms. The number of aromatic amines is 1.